The molecule has 7 rings (SSSR count). The predicted octanol–water partition coefficient (Wildman–Crippen LogP) is 3.85. The quantitative estimate of drug-likeness (QED) is 0.628. The molecule has 39 heavy (non-hydrogen) atoms. The van der Waals surface area contributed by atoms with Crippen LogP contribution in [0.1, 0.15) is 62.4 Å². The SMILES string of the molecule is CC(C)(C)OC(=O)N1CC(N2CC(c3cc4c(c(C5CC5)n3)OCc3c(N5CCOCC5)ccnc3N4)C2)C1. The molecule has 0 unspecified atom stereocenters. The van der Waals surface area contributed by atoms with Gasteiger partial charge in [-0.1, -0.05) is 0 Å². The monoisotopic (exact) mass is 534 g/mol. The Hall–Kier alpha value is -3.11. The predicted molar refractivity (Wildman–Crippen MR) is 147 cm³/mol. The van der Waals surface area contributed by atoms with Gasteiger partial charge in [-0.25, -0.2) is 9.78 Å². The fourth-order valence-corrected chi connectivity index (χ4v) is 5.93. The van der Waals surface area contributed by atoms with Gasteiger partial charge in [-0.05, 0) is 45.7 Å². The Balaban J connectivity index is 1.06. The number of nitrogens with one attached hydrogen (secondary N) is 1. The van der Waals surface area contributed by atoms with Crippen molar-refractivity contribution in [2.75, 3.05) is 62.7 Å². The van der Waals surface area contributed by atoms with Crippen LogP contribution in [0.25, 0.3) is 0 Å². The summed E-state index contributed by atoms with van der Waals surface area (Å²) in [7, 11) is 0. The van der Waals surface area contributed by atoms with E-state index in [1.54, 1.807) is 4.90 Å². The van der Waals surface area contributed by atoms with Crippen molar-refractivity contribution in [3.63, 3.8) is 0 Å². The first kappa shape index (κ1) is 24.9. The molecule has 6 heterocycles. The van der Waals surface area contributed by atoms with Gasteiger partial charge in [-0.2, -0.15) is 0 Å². The summed E-state index contributed by atoms with van der Waals surface area (Å²) in [4.78, 5) is 28.8. The number of hydrogen-bond donors (Lipinski definition) is 1. The fraction of sp³-hybridized carbons (Fsp3) is 0.621. The maximum absolute atomic E-state index is 12.3. The number of nitrogens with zero attached hydrogens (tertiary/aromatic N) is 5. The minimum Gasteiger partial charge on any atom is -0.485 e. The lowest BCUT2D eigenvalue weighted by atomic mass is 9.91. The average Bonchev–Trinajstić information content (AvgIpc) is 3.69. The molecule has 2 aromatic rings. The van der Waals surface area contributed by atoms with Crippen molar-refractivity contribution in [2.24, 2.45) is 0 Å². The van der Waals surface area contributed by atoms with Crippen LogP contribution in [-0.4, -0.2) is 90.0 Å². The van der Waals surface area contributed by atoms with Gasteiger partial charge in [0.25, 0.3) is 0 Å². The van der Waals surface area contributed by atoms with Crippen molar-refractivity contribution in [1.29, 1.82) is 0 Å². The number of likely N-dealkylation sites (tertiary alicyclic amines) is 2. The van der Waals surface area contributed by atoms with Crippen LogP contribution >= 0.6 is 0 Å². The molecule has 10 heteroatoms. The molecule has 5 aliphatic rings. The van der Waals surface area contributed by atoms with Gasteiger partial charge in [0.15, 0.2) is 5.75 Å². The highest BCUT2D eigenvalue weighted by Gasteiger charge is 2.43. The van der Waals surface area contributed by atoms with Gasteiger partial charge in [-0.3, -0.25) is 9.88 Å². The maximum atomic E-state index is 12.3. The third-order valence-corrected chi connectivity index (χ3v) is 8.34. The third kappa shape index (κ3) is 4.89. The Kier molecular flexibility index (Phi) is 6.08. The second kappa shape index (κ2) is 9.52. The molecule has 10 nitrogen and oxygen atoms in total. The molecule has 4 aliphatic heterocycles. The van der Waals surface area contributed by atoms with Crippen molar-refractivity contribution in [3.05, 3.63) is 35.3 Å². The fourth-order valence-electron chi connectivity index (χ4n) is 5.93. The van der Waals surface area contributed by atoms with Crippen LogP contribution in [0.5, 0.6) is 5.75 Å². The summed E-state index contributed by atoms with van der Waals surface area (Å²) in [5.41, 5.74) is 4.99. The summed E-state index contributed by atoms with van der Waals surface area (Å²) in [5, 5.41) is 3.64. The van der Waals surface area contributed by atoms with E-state index in [2.05, 4.69) is 27.2 Å². The molecule has 1 saturated carbocycles. The van der Waals surface area contributed by atoms with E-state index in [0.29, 0.717) is 24.5 Å². The van der Waals surface area contributed by atoms with Crippen molar-refractivity contribution >= 4 is 23.3 Å². The molecule has 0 bridgehead atoms. The van der Waals surface area contributed by atoms with Crippen LogP contribution in [0.2, 0.25) is 0 Å². The van der Waals surface area contributed by atoms with Crippen molar-refractivity contribution in [3.8, 4) is 5.75 Å². The number of fused-ring (bicyclic) bond motifs is 2. The van der Waals surface area contributed by atoms with E-state index in [1.807, 2.05) is 27.0 Å². The molecule has 0 aromatic carbocycles. The van der Waals surface area contributed by atoms with Crippen LogP contribution < -0.4 is 15.0 Å². The van der Waals surface area contributed by atoms with E-state index in [9.17, 15) is 4.79 Å². The Labute approximate surface area is 229 Å². The second-order valence-corrected chi connectivity index (χ2v) is 12.4. The zero-order valence-corrected chi connectivity index (χ0v) is 23.1. The Morgan fingerprint density at radius 2 is 1.87 bits per heavy atom. The number of anilines is 3. The topological polar surface area (TPSA) is 92.3 Å². The number of pyridine rings is 2. The van der Waals surface area contributed by atoms with Gasteiger partial charge in [0.2, 0.25) is 0 Å². The molecule has 0 radical (unpaired) electrons. The van der Waals surface area contributed by atoms with Crippen LogP contribution in [-0.2, 0) is 16.1 Å². The summed E-state index contributed by atoms with van der Waals surface area (Å²) in [6.07, 6.45) is 3.99. The number of carbonyl (C=O) groups excluding carboxylic acids is 1. The van der Waals surface area contributed by atoms with Gasteiger partial charge in [0.1, 0.15) is 18.0 Å². The molecule has 3 saturated heterocycles. The van der Waals surface area contributed by atoms with Gasteiger partial charge in [-0.15, -0.1) is 0 Å². The summed E-state index contributed by atoms with van der Waals surface area (Å²) in [6, 6.07) is 4.66. The minimum atomic E-state index is -0.460. The highest BCUT2D eigenvalue weighted by atomic mass is 16.6. The number of hydrogen-bond acceptors (Lipinski definition) is 9. The van der Waals surface area contributed by atoms with E-state index < -0.39 is 5.60 Å². The van der Waals surface area contributed by atoms with E-state index in [0.717, 1.165) is 99.5 Å². The lowest BCUT2D eigenvalue weighted by molar-refractivity contribution is -0.0342. The number of ether oxygens (including phenoxy) is 3. The molecular formula is C29H38N6O4. The summed E-state index contributed by atoms with van der Waals surface area (Å²) < 4.78 is 17.6. The number of rotatable bonds is 4. The van der Waals surface area contributed by atoms with Crippen LogP contribution in [0, 0.1) is 0 Å². The van der Waals surface area contributed by atoms with Gasteiger partial charge < -0.3 is 29.3 Å². The third-order valence-electron chi connectivity index (χ3n) is 8.34. The first-order chi connectivity index (χ1) is 18.8. The molecule has 1 N–H and O–H groups in total. The van der Waals surface area contributed by atoms with E-state index in [4.69, 9.17) is 24.2 Å². The normalized spacial score (nSPS) is 22.0. The number of aromatic nitrogens is 2. The van der Waals surface area contributed by atoms with Crippen LogP contribution in [0.3, 0.4) is 0 Å². The summed E-state index contributed by atoms with van der Waals surface area (Å²) in [6.45, 7) is 12.8. The smallest absolute Gasteiger partial charge is 0.410 e. The molecule has 1 amide bonds. The molecule has 4 fully saturated rings. The van der Waals surface area contributed by atoms with E-state index >= 15 is 0 Å². The number of carbonyl (C=O) groups is 1. The number of morpholine rings is 1. The van der Waals surface area contributed by atoms with Gasteiger partial charge in [0, 0.05) is 74.7 Å². The standard InChI is InChI=1S/C29H38N6O4/c1-29(2,3)39-28(36)35-15-20(16-35)34-13-19(14-34)22-12-23-26(25(31-22)18-4-5-18)38-17-21-24(6-7-30-27(21)32-23)33-8-10-37-11-9-33/h6-7,12,18-20H,4-5,8-11,13-17H2,1-3H3,(H,30,32). The van der Waals surface area contributed by atoms with Gasteiger partial charge in [0.05, 0.1) is 30.2 Å². The van der Waals surface area contributed by atoms with Crippen molar-refractivity contribution in [1.82, 2.24) is 19.8 Å². The molecule has 208 valence electrons. The van der Waals surface area contributed by atoms with Crippen LogP contribution in [0.4, 0.5) is 22.0 Å². The second-order valence-electron chi connectivity index (χ2n) is 12.4. The van der Waals surface area contributed by atoms with Gasteiger partial charge >= 0.3 is 6.09 Å². The molecular weight excluding hydrogens is 496 g/mol. The Bertz CT molecular complexity index is 1260. The maximum Gasteiger partial charge on any atom is 0.410 e. The molecule has 1 aliphatic carbocycles. The summed E-state index contributed by atoms with van der Waals surface area (Å²) in [5.74, 6) is 2.60. The largest absolute Gasteiger partial charge is 0.485 e. The Morgan fingerprint density at radius 1 is 1.10 bits per heavy atom. The van der Waals surface area contributed by atoms with E-state index in [-0.39, 0.29) is 6.09 Å². The van der Waals surface area contributed by atoms with Crippen molar-refractivity contribution in [2.45, 2.75) is 63.7 Å². The minimum absolute atomic E-state index is 0.214. The molecule has 0 atom stereocenters. The Morgan fingerprint density at radius 3 is 2.59 bits per heavy atom. The average molecular weight is 535 g/mol. The molecule has 0 spiro atoms. The zero-order chi connectivity index (χ0) is 26.7. The number of amides is 1. The van der Waals surface area contributed by atoms with Crippen LogP contribution in [0.15, 0.2) is 18.3 Å². The first-order valence-corrected chi connectivity index (χ1v) is 14.3. The zero-order valence-electron chi connectivity index (χ0n) is 23.1. The molecule has 2 aromatic heterocycles. The lowest BCUT2D eigenvalue weighted by Gasteiger charge is -2.51. The highest BCUT2D eigenvalue weighted by Crippen LogP contribution is 2.49. The first-order valence-electron chi connectivity index (χ1n) is 14.3. The van der Waals surface area contributed by atoms with E-state index in [1.165, 1.54) is 5.69 Å². The van der Waals surface area contributed by atoms with Crippen molar-refractivity contribution < 1.29 is 19.0 Å². The summed E-state index contributed by atoms with van der Waals surface area (Å²) >= 11 is 0. The lowest BCUT2D eigenvalue weighted by Crippen LogP contribution is -2.66. The highest BCUT2D eigenvalue weighted by molar-refractivity contribution is 5.74.